The fourth-order valence-corrected chi connectivity index (χ4v) is 3.18. The van der Waals surface area contributed by atoms with E-state index in [1.807, 2.05) is 24.3 Å². The molecular weight excluding hydrogens is 376 g/mol. The molecule has 0 aliphatic carbocycles. The van der Waals surface area contributed by atoms with Crippen molar-refractivity contribution >= 4 is 5.97 Å². The zero-order chi connectivity index (χ0) is 21.6. The molecule has 2 aromatic rings. The first-order valence-electron chi connectivity index (χ1n) is 11.3. The number of hydrogen-bond donors (Lipinski definition) is 0. The highest BCUT2D eigenvalue weighted by Gasteiger charge is 2.13. The van der Waals surface area contributed by atoms with Crippen LogP contribution in [-0.2, 0) is 9.53 Å². The zero-order valence-corrected chi connectivity index (χ0v) is 18.7. The summed E-state index contributed by atoms with van der Waals surface area (Å²) >= 11 is 0. The Hall–Kier alpha value is -2.43. The minimum Gasteiger partial charge on any atom is -0.490 e. The Bertz CT molecular complexity index is 729. The highest BCUT2D eigenvalue weighted by atomic mass is 16.5. The molecule has 1 aromatic heterocycles. The maximum absolute atomic E-state index is 12.0. The molecule has 0 N–H and O–H groups in total. The van der Waals surface area contributed by atoms with Crippen LogP contribution in [0.3, 0.4) is 0 Å². The van der Waals surface area contributed by atoms with Crippen molar-refractivity contribution in [2.45, 2.75) is 78.1 Å². The second kappa shape index (κ2) is 13.7. The summed E-state index contributed by atoms with van der Waals surface area (Å²) in [6, 6.07) is 8.07. The van der Waals surface area contributed by atoms with Crippen molar-refractivity contribution in [2.75, 3.05) is 13.2 Å². The van der Waals surface area contributed by atoms with Gasteiger partial charge in [-0.05, 0) is 24.3 Å². The highest BCUT2D eigenvalue weighted by molar-refractivity contribution is 5.70. The van der Waals surface area contributed by atoms with Gasteiger partial charge in [-0.2, -0.15) is 0 Å². The molecule has 0 aliphatic heterocycles. The van der Waals surface area contributed by atoms with Crippen LogP contribution in [0.1, 0.15) is 83.6 Å². The number of esters is 1. The summed E-state index contributed by atoms with van der Waals surface area (Å²) in [6.45, 7) is 7.62. The molecule has 1 unspecified atom stereocenters. The van der Waals surface area contributed by atoms with Crippen molar-refractivity contribution in [1.29, 1.82) is 0 Å². The predicted molar refractivity (Wildman–Crippen MR) is 121 cm³/mol. The van der Waals surface area contributed by atoms with Crippen LogP contribution in [0, 0.1) is 0 Å². The highest BCUT2D eigenvalue weighted by Crippen LogP contribution is 2.23. The lowest BCUT2D eigenvalue weighted by Gasteiger charge is -2.12. The van der Waals surface area contributed by atoms with Crippen molar-refractivity contribution in [2.24, 2.45) is 0 Å². The first-order valence-corrected chi connectivity index (χ1v) is 11.3. The van der Waals surface area contributed by atoms with Crippen LogP contribution in [0.4, 0.5) is 0 Å². The summed E-state index contributed by atoms with van der Waals surface area (Å²) in [5.74, 6) is 1.36. The van der Waals surface area contributed by atoms with E-state index in [2.05, 4.69) is 30.7 Å². The number of unbranched alkanes of at least 4 members (excludes halogenated alkanes) is 5. The minimum atomic E-state index is -0.124. The Labute approximate surface area is 181 Å². The third-order valence-corrected chi connectivity index (χ3v) is 5.12. The standard InChI is InChI=1S/C25H36N2O3/c1-4-6-8-10-16-30-24(28)17-20(3)21-11-13-22(14-12-21)25-26-18-23(19-27-25)29-15-9-7-5-2/h11-14,18-20H,4-10,15-17H2,1-3H3. The van der Waals surface area contributed by atoms with Gasteiger partial charge >= 0.3 is 5.97 Å². The number of rotatable bonds is 14. The summed E-state index contributed by atoms with van der Waals surface area (Å²) in [6.07, 6.45) is 11.7. The van der Waals surface area contributed by atoms with E-state index < -0.39 is 0 Å². The van der Waals surface area contributed by atoms with Crippen LogP contribution in [0.2, 0.25) is 0 Å². The van der Waals surface area contributed by atoms with Crippen molar-refractivity contribution in [3.8, 4) is 17.1 Å². The van der Waals surface area contributed by atoms with E-state index in [-0.39, 0.29) is 11.9 Å². The largest absolute Gasteiger partial charge is 0.490 e. The number of aromatic nitrogens is 2. The number of carbonyl (C=O) groups is 1. The Kier molecular flexibility index (Phi) is 10.9. The molecule has 0 saturated carbocycles. The van der Waals surface area contributed by atoms with Gasteiger partial charge in [0.05, 0.1) is 32.0 Å². The minimum absolute atomic E-state index is 0.113. The monoisotopic (exact) mass is 412 g/mol. The Morgan fingerprint density at radius 3 is 2.20 bits per heavy atom. The van der Waals surface area contributed by atoms with Gasteiger partial charge in [0.2, 0.25) is 0 Å². The molecule has 5 heteroatoms. The molecule has 0 bridgehead atoms. The molecule has 0 saturated heterocycles. The molecule has 0 fully saturated rings. The number of hydrogen-bond acceptors (Lipinski definition) is 5. The molecule has 30 heavy (non-hydrogen) atoms. The summed E-state index contributed by atoms with van der Waals surface area (Å²) in [7, 11) is 0. The first kappa shape index (κ1) is 23.8. The van der Waals surface area contributed by atoms with Gasteiger partial charge < -0.3 is 9.47 Å². The van der Waals surface area contributed by atoms with Gasteiger partial charge in [-0.1, -0.05) is 77.1 Å². The Balaban J connectivity index is 1.81. The second-order valence-corrected chi connectivity index (χ2v) is 7.81. The van der Waals surface area contributed by atoms with Gasteiger partial charge in [0.1, 0.15) is 0 Å². The van der Waals surface area contributed by atoms with Crippen LogP contribution >= 0.6 is 0 Å². The predicted octanol–water partition coefficient (Wildman–Crippen LogP) is 6.33. The fourth-order valence-electron chi connectivity index (χ4n) is 3.18. The van der Waals surface area contributed by atoms with Gasteiger partial charge in [0, 0.05) is 5.56 Å². The lowest BCUT2D eigenvalue weighted by atomic mass is 9.97. The van der Waals surface area contributed by atoms with E-state index >= 15 is 0 Å². The van der Waals surface area contributed by atoms with Crippen LogP contribution in [0.15, 0.2) is 36.7 Å². The van der Waals surface area contributed by atoms with Crippen molar-refractivity contribution in [3.63, 3.8) is 0 Å². The van der Waals surface area contributed by atoms with Crippen LogP contribution in [0.25, 0.3) is 11.4 Å². The lowest BCUT2D eigenvalue weighted by Crippen LogP contribution is -2.09. The quantitative estimate of drug-likeness (QED) is 0.268. The Morgan fingerprint density at radius 1 is 0.900 bits per heavy atom. The van der Waals surface area contributed by atoms with Gasteiger partial charge in [0.15, 0.2) is 11.6 Å². The molecule has 0 radical (unpaired) electrons. The van der Waals surface area contributed by atoms with Gasteiger partial charge in [0.25, 0.3) is 0 Å². The average Bonchev–Trinajstić information content (AvgIpc) is 2.77. The molecule has 5 nitrogen and oxygen atoms in total. The smallest absolute Gasteiger partial charge is 0.306 e. The third-order valence-electron chi connectivity index (χ3n) is 5.12. The molecule has 1 heterocycles. The summed E-state index contributed by atoms with van der Waals surface area (Å²) in [5.41, 5.74) is 2.06. The first-order chi connectivity index (χ1) is 14.6. The molecule has 0 spiro atoms. The maximum atomic E-state index is 12.0. The van der Waals surface area contributed by atoms with Crippen molar-refractivity contribution < 1.29 is 14.3 Å². The van der Waals surface area contributed by atoms with Crippen LogP contribution < -0.4 is 4.74 Å². The molecule has 0 aliphatic rings. The van der Waals surface area contributed by atoms with E-state index in [0.29, 0.717) is 31.2 Å². The van der Waals surface area contributed by atoms with Crippen LogP contribution in [0.5, 0.6) is 5.75 Å². The maximum Gasteiger partial charge on any atom is 0.306 e. The number of benzene rings is 1. The summed E-state index contributed by atoms with van der Waals surface area (Å²) in [5, 5.41) is 0. The van der Waals surface area contributed by atoms with E-state index in [0.717, 1.165) is 30.4 Å². The van der Waals surface area contributed by atoms with Gasteiger partial charge in [-0.15, -0.1) is 0 Å². The normalized spacial score (nSPS) is 11.8. The molecular formula is C25H36N2O3. The van der Waals surface area contributed by atoms with Crippen molar-refractivity contribution in [3.05, 3.63) is 42.2 Å². The van der Waals surface area contributed by atoms with E-state index in [1.165, 1.54) is 25.7 Å². The van der Waals surface area contributed by atoms with Gasteiger partial charge in [-0.3, -0.25) is 4.79 Å². The number of ether oxygens (including phenoxy) is 2. The summed E-state index contributed by atoms with van der Waals surface area (Å²) in [4.78, 5) is 20.9. The average molecular weight is 413 g/mol. The molecule has 1 aromatic carbocycles. The zero-order valence-electron chi connectivity index (χ0n) is 18.7. The van der Waals surface area contributed by atoms with E-state index in [4.69, 9.17) is 9.47 Å². The number of carbonyl (C=O) groups excluding carboxylic acids is 1. The van der Waals surface area contributed by atoms with Crippen LogP contribution in [-0.4, -0.2) is 29.2 Å². The fraction of sp³-hybridized carbons (Fsp3) is 0.560. The summed E-state index contributed by atoms with van der Waals surface area (Å²) < 4.78 is 11.0. The van der Waals surface area contributed by atoms with Gasteiger partial charge in [-0.25, -0.2) is 9.97 Å². The molecule has 2 rings (SSSR count). The van der Waals surface area contributed by atoms with E-state index in [9.17, 15) is 4.79 Å². The van der Waals surface area contributed by atoms with Crippen molar-refractivity contribution in [1.82, 2.24) is 9.97 Å². The second-order valence-electron chi connectivity index (χ2n) is 7.81. The topological polar surface area (TPSA) is 61.3 Å². The molecule has 1 atom stereocenters. The van der Waals surface area contributed by atoms with E-state index in [1.54, 1.807) is 12.4 Å². The SMILES string of the molecule is CCCCCCOC(=O)CC(C)c1ccc(-c2ncc(OCCCCC)cn2)cc1. The molecule has 0 amide bonds. The lowest BCUT2D eigenvalue weighted by molar-refractivity contribution is -0.144. The number of nitrogens with zero attached hydrogens (tertiary/aromatic N) is 2. The Morgan fingerprint density at radius 2 is 1.53 bits per heavy atom. The third kappa shape index (κ3) is 8.52. The molecule has 164 valence electrons.